The minimum Gasteiger partial charge on any atom is -0.504 e. The van der Waals surface area contributed by atoms with Gasteiger partial charge in [-0.1, -0.05) is 98.5 Å². The van der Waals surface area contributed by atoms with Gasteiger partial charge in [-0.05, 0) is 67.1 Å². The third-order valence-electron chi connectivity index (χ3n) is 7.00. The fraction of sp³-hybridized carbons (Fsp3) is 0.786. The molecule has 2 N–H and O–H groups in total. The van der Waals surface area contributed by atoms with E-state index in [1.807, 2.05) is 19.9 Å². The van der Waals surface area contributed by atoms with Gasteiger partial charge < -0.3 is 10.2 Å². The molecule has 0 aliphatic carbocycles. The molecule has 0 saturated heterocycles. The van der Waals surface area contributed by atoms with E-state index in [1.165, 1.54) is 63.4 Å². The monoisotopic (exact) mass is 418 g/mol. The third kappa shape index (κ3) is 10.2. The molecule has 0 fully saturated rings. The van der Waals surface area contributed by atoms with E-state index in [-0.39, 0.29) is 11.5 Å². The zero-order valence-electron chi connectivity index (χ0n) is 21.1. The molecule has 1 rings (SSSR count). The van der Waals surface area contributed by atoms with Crippen LogP contribution in [0.3, 0.4) is 0 Å². The topological polar surface area (TPSA) is 40.5 Å². The predicted molar refractivity (Wildman–Crippen MR) is 131 cm³/mol. The highest BCUT2D eigenvalue weighted by Crippen LogP contribution is 2.35. The minimum absolute atomic E-state index is 0.0308. The molecule has 0 radical (unpaired) electrons. The molecule has 1 aromatic carbocycles. The van der Waals surface area contributed by atoms with Gasteiger partial charge in [0.15, 0.2) is 11.5 Å². The van der Waals surface area contributed by atoms with Crippen molar-refractivity contribution in [2.24, 2.45) is 23.7 Å². The number of phenolic OH excluding ortho intramolecular Hbond substituents is 2. The third-order valence-corrected chi connectivity index (χ3v) is 7.00. The number of benzene rings is 1. The first-order chi connectivity index (χ1) is 14.1. The van der Waals surface area contributed by atoms with Crippen LogP contribution in [0.5, 0.6) is 11.5 Å². The fourth-order valence-corrected chi connectivity index (χ4v) is 4.55. The summed E-state index contributed by atoms with van der Waals surface area (Å²) in [5, 5.41) is 19.9. The highest BCUT2D eigenvalue weighted by Gasteiger charge is 2.13. The van der Waals surface area contributed by atoms with Crippen molar-refractivity contribution < 1.29 is 10.2 Å². The van der Waals surface area contributed by atoms with Crippen molar-refractivity contribution >= 4 is 0 Å². The number of hydrogen-bond acceptors (Lipinski definition) is 2. The van der Waals surface area contributed by atoms with E-state index in [2.05, 4.69) is 34.6 Å². The lowest BCUT2D eigenvalue weighted by molar-refractivity contribution is 0.374. The molecule has 30 heavy (non-hydrogen) atoms. The second kappa shape index (κ2) is 14.0. The van der Waals surface area contributed by atoms with Gasteiger partial charge >= 0.3 is 0 Å². The summed E-state index contributed by atoms with van der Waals surface area (Å²) < 4.78 is 0. The van der Waals surface area contributed by atoms with Gasteiger partial charge in [0, 0.05) is 0 Å². The van der Waals surface area contributed by atoms with Crippen molar-refractivity contribution in [1.82, 2.24) is 0 Å². The van der Waals surface area contributed by atoms with Crippen LogP contribution in [0.4, 0.5) is 0 Å². The molecular weight excluding hydrogens is 368 g/mol. The number of phenols is 2. The summed E-state index contributed by atoms with van der Waals surface area (Å²) in [5.74, 6) is 3.38. The number of aromatic hydroxyl groups is 2. The number of rotatable bonds is 15. The van der Waals surface area contributed by atoms with Crippen molar-refractivity contribution in [2.75, 3.05) is 0 Å². The van der Waals surface area contributed by atoms with Crippen LogP contribution in [-0.2, 0) is 6.42 Å². The Bertz CT molecular complexity index is 605. The van der Waals surface area contributed by atoms with Gasteiger partial charge in [0.2, 0.25) is 0 Å². The summed E-state index contributed by atoms with van der Waals surface area (Å²) in [5.41, 5.74) is 2.77. The normalized spacial score (nSPS) is 14.8. The summed E-state index contributed by atoms with van der Waals surface area (Å²) >= 11 is 0. The van der Waals surface area contributed by atoms with E-state index in [0.717, 1.165) is 41.7 Å². The summed E-state index contributed by atoms with van der Waals surface area (Å²) in [7, 11) is 0. The average molecular weight is 419 g/mol. The second-order valence-electron chi connectivity index (χ2n) is 10.7. The zero-order chi connectivity index (χ0) is 22.7. The van der Waals surface area contributed by atoms with E-state index >= 15 is 0 Å². The average Bonchev–Trinajstić information content (AvgIpc) is 2.67. The van der Waals surface area contributed by atoms with E-state index in [9.17, 15) is 10.2 Å². The highest BCUT2D eigenvalue weighted by molar-refractivity contribution is 5.52. The van der Waals surface area contributed by atoms with Crippen LogP contribution in [0.2, 0.25) is 0 Å². The van der Waals surface area contributed by atoms with Gasteiger partial charge in [0.25, 0.3) is 0 Å². The Labute approximate surface area is 187 Å². The lowest BCUT2D eigenvalue weighted by Gasteiger charge is -2.17. The van der Waals surface area contributed by atoms with E-state index in [0.29, 0.717) is 5.92 Å². The van der Waals surface area contributed by atoms with Crippen molar-refractivity contribution in [1.29, 1.82) is 0 Å². The smallest absolute Gasteiger partial charge is 0.160 e. The first-order valence-corrected chi connectivity index (χ1v) is 12.6. The molecule has 0 aliphatic heterocycles. The maximum atomic E-state index is 10.1. The van der Waals surface area contributed by atoms with Gasteiger partial charge in [-0.25, -0.2) is 0 Å². The van der Waals surface area contributed by atoms with Crippen molar-refractivity contribution in [3.63, 3.8) is 0 Å². The molecule has 2 heteroatoms. The second-order valence-corrected chi connectivity index (χ2v) is 10.7. The van der Waals surface area contributed by atoms with Gasteiger partial charge in [-0.2, -0.15) is 0 Å². The minimum atomic E-state index is 0.0308. The molecule has 1 aromatic rings. The van der Waals surface area contributed by atoms with E-state index in [1.54, 1.807) is 0 Å². The molecule has 3 unspecified atom stereocenters. The Morgan fingerprint density at radius 3 is 1.53 bits per heavy atom. The van der Waals surface area contributed by atoms with Crippen LogP contribution in [0.25, 0.3) is 0 Å². The molecule has 0 aromatic heterocycles. The van der Waals surface area contributed by atoms with Gasteiger partial charge in [0.1, 0.15) is 0 Å². The summed E-state index contributed by atoms with van der Waals surface area (Å²) in [4.78, 5) is 0. The maximum absolute atomic E-state index is 10.1. The van der Waals surface area contributed by atoms with Gasteiger partial charge in [-0.3, -0.25) is 0 Å². The summed E-state index contributed by atoms with van der Waals surface area (Å²) in [6.07, 6.45) is 14.4. The molecule has 0 aliphatic rings. The maximum Gasteiger partial charge on any atom is 0.160 e. The lowest BCUT2D eigenvalue weighted by atomic mass is 9.89. The molecule has 0 bridgehead atoms. The van der Waals surface area contributed by atoms with E-state index < -0.39 is 0 Å². The Morgan fingerprint density at radius 1 is 0.633 bits per heavy atom. The van der Waals surface area contributed by atoms with Crippen LogP contribution in [-0.4, -0.2) is 10.2 Å². The number of aryl methyl sites for hydroxylation is 2. The van der Waals surface area contributed by atoms with Crippen LogP contribution >= 0.6 is 0 Å². The first-order valence-electron chi connectivity index (χ1n) is 12.6. The standard InChI is InChI=1S/C28H50O2/c1-20(2)11-8-12-21(3)13-9-14-22(4)15-10-16-23(5)17-18-26-19-24(6)27(29)28(30)25(26)7/h19-23,29-30H,8-18H2,1-7H3. The summed E-state index contributed by atoms with van der Waals surface area (Å²) in [6.45, 7) is 15.6. The lowest BCUT2D eigenvalue weighted by Crippen LogP contribution is -2.03. The molecular formula is C28H50O2. The first kappa shape index (κ1) is 26.9. The fourth-order valence-electron chi connectivity index (χ4n) is 4.55. The van der Waals surface area contributed by atoms with Crippen molar-refractivity contribution in [3.8, 4) is 11.5 Å². The van der Waals surface area contributed by atoms with Crippen LogP contribution in [0.15, 0.2) is 6.07 Å². The Kier molecular flexibility index (Phi) is 12.5. The van der Waals surface area contributed by atoms with Crippen molar-refractivity contribution in [2.45, 2.75) is 119 Å². The molecule has 2 nitrogen and oxygen atoms in total. The van der Waals surface area contributed by atoms with Crippen LogP contribution in [0, 0.1) is 37.5 Å². The number of hydrogen-bond donors (Lipinski definition) is 2. The van der Waals surface area contributed by atoms with Crippen molar-refractivity contribution in [3.05, 3.63) is 22.8 Å². The predicted octanol–water partition coefficient (Wildman–Crippen LogP) is 8.72. The molecule has 0 saturated carbocycles. The van der Waals surface area contributed by atoms with Crippen LogP contribution < -0.4 is 0 Å². The van der Waals surface area contributed by atoms with Gasteiger partial charge in [0.05, 0.1) is 0 Å². The zero-order valence-corrected chi connectivity index (χ0v) is 21.1. The summed E-state index contributed by atoms with van der Waals surface area (Å²) in [6, 6.07) is 2.03. The van der Waals surface area contributed by atoms with Crippen LogP contribution in [0.1, 0.15) is 116 Å². The molecule has 174 valence electrons. The molecule has 0 heterocycles. The highest BCUT2D eigenvalue weighted by atomic mass is 16.3. The Hall–Kier alpha value is -1.18. The Balaban J connectivity index is 2.18. The molecule has 3 atom stereocenters. The van der Waals surface area contributed by atoms with Gasteiger partial charge in [-0.15, -0.1) is 0 Å². The largest absolute Gasteiger partial charge is 0.504 e. The molecule has 0 spiro atoms. The Morgan fingerprint density at radius 2 is 1.07 bits per heavy atom. The van der Waals surface area contributed by atoms with E-state index in [4.69, 9.17) is 0 Å². The molecule has 0 amide bonds. The SMILES string of the molecule is Cc1cc(CCC(C)CCCC(C)CCCC(C)CCCC(C)C)c(C)c(O)c1O. The quantitative estimate of drug-likeness (QED) is 0.279.